The first-order valence-electron chi connectivity index (χ1n) is 10.9. The quantitative estimate of drug-likeness (QED) is 0.311. The van der Waals surface area contributed by atoms with E-state index in [1.165, 1.54) is 0 Å². The summed E-state index contributed by atoms with van der Waals surface area (Å²) >= 11 is 0. The number of carbonyl (C=O) groups is 1. The molecule has 2 aromatic rings. The van der Waals surface area contributed by atoms with Crippen molar-refractivity contribution < 1.29 is 18.3 Å². The Labute approximate surface area is 210 Å². The van der Waals surface area contributed by atoms with Crippen LogP contribution >= 0.6 is 24.0 Å². The smallest absolute Gasteiger partial charge is 0.254 e. The van der Waals surface area contributed by atoms with Gasteiger partial charge in [0.2, 0.25) is 0 Å². The van der Waals surface area contributed by atoms with E-state index in [4.69, 9.17) is 4.74 Å². The third kappa shape index (κ3) is 7.92. The number of ether oxygens (including phenoxy) is 1. The fraction of sp³-hybridized carbons (Fsp3) is 0.417. The van der Waals surface area contributed by atoms with Crippen molar-refractivity contribution in [3.05, 3.63) is 70.8 Å². The van der Waals surface area contributed by atoms with Gasteiger partial charge in [-0.3, -0.25) is 4.79 Å². The number of morpholine rings is 1. The van der Waals surface area contributed by atoms with E-state index in [0.29, 0.717) is 37.7 Å². The van der Waals surface area contributed by atoms with Crippen molar-refractivity contribution >= 4 is 35.8 Å². The van der Waals surface area contributed by atoms with Crippen LogP contribution in [0.15, 0.2) is 47.5 Å². The molecule has 0 bridgehead atoms. The summed E-state index contributed by atoms with van der Waals surface area (Å²) < 4.78 is 32.9. The van der Waals surface area contributed by atoms with Crippen LogP contribution in [0.4, 0.5) is 8.78 Å². The summed E-state index contributed by atoms with van der Waals surface area (Å²) in [5.41, 5.74) is 1.79. The molecule has 3 rings (SSSR count). The molecule has 2 atom stereocenters. The highest BCUT2D eigenvalue weighted by atomic mass is 127. The van der Waals surface area contributed by atoms with Gasteiger partial charge in [-0.05, 0) is 56.7 Å². The van der Waals surface area contributed by atoms with E-state index in [9.17, 15) is 13.6 Å². The molecule has 2 aromatic carbocycles. The molecule has 0 radical (unpaired) electrons. The van der Waals surface area contributed by atoms with Crippen LogP contribution in [-0.2, 0) is 17.8 Å². The zero-order valence-electron chi connectivity index (χ0n) is 19.1. The zero-order chi connectivity index (χ0) is 23.1. The average molecular weight is 572 g/mol. The van der Waals surface area contributed by atoms with E-state index in [1.807, 2.05) is 37.8 Å². The van der Waals surface area contributed by atoms with Gasteiger partial charge in [0.05, 0.1) is 18.8 Å². The van der Waals surface area contributed by atoms with E-state index in [0.717, 1.165) is 23.8 Å². The monoisotopic (exact) mass is 572 g/mol. The van der Waals surface area contributed by atoms with Gasteiger partial charge in [0.25, 0.3) is 5.91 Å². The van der Waals surface area contributed by atoms with Gasteiger partial charge in [-0.1, -0.05) is 12.1 Å². The van der Waals surface area contributed by atoms with Crippen molar-refractivity contribution in [1.82, 2.24) is 15.5 Å². The van der Waals surface area contributed by atoms with Crippen molar-refractivity contribution in [1.29, 1.82) is 0 Å². The fourth-order valence-electron chi connectivity index (χ4n) is 3.65. The number of aliphatic imine (C=N–C) groups is 1. The molecule has 6 nitrogen and oxygen atoms in total. The van der Waals surface area contributed by atoms with E-state index in [1.54, 1.807) is 12.1 Å². The lowest BCUT2D eigenvalue weighted by Gasteiger charge is -2.35. The first kappa shape index (κ1) is 27.0. The molecule has 1 amide bonds. The van der Waals surface area contributed by atoms with Gasteiger partial charge in [0.1, 0.15) is 11.6 Å². The molecule has 0 aliphatic carbocycles. The number of carbonyl (C=O) groups excluding carboxylic acids is 1. The van der Waals surface area contributed by atoms with E-state index < -0.39 is 11.6 Å². The predicted molar refractivity (Wildman–Crippen MR) is 136 cm³/mol. The second-order valence-electron chi connectivity index (χ2n) is 7.95. The molecule has 2 unspecified atom stereocenters. The minimum absolute atomic E-state index is 0. The second kappa shape index (κ2) is 12.8. The minimum atomic E-state index is -0.485. The van der Waals surface area contributed by atoms with Gasteiger partial charge in [-0.2, -0.15) is 0 Å². The Bertz CT molecular complexity index is 946. The number of benzene rings is 2. The molecule has 0 saturated carbocycles. The molecule has 1 saturated heterocycles. The lowest BCUT2D eigenvalue weighted by molar-refractivity contribution is -0.0586. The van der Waals surface area contributed by atoms with Crippen LogP contribution in [-0.4, -0.2) is 48.6 Å². The van der Waals surface area contributed by atoms with Crippen molar-refractivity contribution in [2.45, 2.75) is 46.1 Å². The summed E-state index contributed by atoms with van der Waals surface area (Å²) in [6, 6.07) is 10.7. The fourth-order valence-corrected chi connectivity index (χ4v) is 3.65. The molecule has 1 heterocycles. The molecule has 33 heavy (non-hydrogen) atoms. The number of rotatable bonds is 6. The summed E-state index contributed by atoms with van der Waals surface area (Å²) in [5, 5.41) is 6.10. The number of guanidine groups is 1. The predicted octanol–water partition coefficient (Wildman–Crippen LogP) is 4.09. The summed E-state index contributed by atoms with van der Waals surface area (Å²) in [6.45, 7) is 8.14. The topological polar surface area (TPSA) is 66.0 Å². The van der Waals surface area contributed by atoms with Gasteiger partial charge >= 0.3 is 0 Å². The standard InChI is InChI=1S/C24H30F2N4O2.HI/c1-4-27-24(29-13-20-11-21(25)9-10-22(20)26)28-12-18-5-7-19(8-6-18)23(31)30-14-16(2)32-17(3)15-30;/h5-11,16-17H,4,12-15H2,1-3H3,(H2,27,28,29);1H. The van der Waals surface area contributed by atoms with E-state index in [2.05, 4.69) is 15.6 Å². The Balaban J connectivity index is 0.00000385. The van der Waals surface area contributed by atoms with Crippen LogP contribution in [0.2, 0.25) is 0 Å². The second-order valence-corrected chi connectivity index (χ2v) is 7.95. The first-order chi connectivity index (χ1) is 15.4. The molecule has 9 heteroatoms. The third-order valence-corrected chi connectivity index (χ3v) is 5.13. The Morgan fingerprint density at radius 3 is 2.39 bits per heavy atom. The highest BCUT2D eigenvalue weighted by Gasteiger charge is 2.26. The number of amides is 1. The Morgan fingerprint density at radius 2 is 1.76 bits per heavy atom. The van der Waals surface area contributed by atoms with Crippen LogP contribution in [0.25, 0.3) is 0 Å². The summed E-state index contributed by atoms with van der Waals surface area (Å²) in [5.74, 6) is -0.471. The van der Waals surface area contributed by atoms with Crippen molar-refractivity contribution in [2.75, 3.05) is 19.6 Å². The minimum Gasteiger partial charge on any atom is -0.372 e. The van der Waals surface area contributed by atoms with Gasteiger partial charge in [-0.15, -0.1) is 24.0 Å². The maximum atomic E-state index is 13.8. The van der Waals surface area contributed by atoms with E-state index in [-0.39, 0.29) is 54.2 Å². The normalized spacial score (nSPS) is 18.5. The largest absolute Gasteiger partial charge is 0.372 e. The number of nitrogens with zero attached hydrogens (tertiary/aromatic N) is 2. The summed E-state index contributed by atoms with van der Waals surface area (Å²) in [7, 11) is 0. The summed E-state index contributed by atoms with van der Waals surface area (Å²) in [4.78, 5) is 19.1. The molecule has 1 aliphatic rings. The zero-order valence-corrected chi connectivity index (χ0v) is 21.4. The first-order valence-corrected chi connectivity index (χ1v) is 10.9. The lowest BCUT2D eigenvalue weighted by atomic mass is 10.1. The highest BCUT2D eigenvalue weighted by molar-refractivity contribution is 14.0. The highest BCUT2D eigenvalue weighted by Crippen LogP contribution is 2.15. The Kier molecular flexibility index (Phi) is 10.5. The molecule has 0 aromatic heterocycles. The van der Waals surface area contributed by atoms with Gasteiger partial charge < -0.3 is 20.3 Å². The maximum Gasteiger partial charge on any atom is 0.254 e. The van der Waals surface area contributed by atoms with Gasteiger partial charge in [-0.25, -0.2) is 13.8 Å². The van der Waals surface area contributed by atoms with Gasteiger partial charge in [0, 0.05) is 37.3 Å². The molecule has 2 N–H and O–H groups in total. The molecule has 1 fully saturated rings. The van der Waals surface area contributed by atoms with Crippen LogP contribution in [0.1, 0.15) is 42.3 Å². The molecule has 180 valence electrons. The Morgan fingerprint density at radius 1 is 1.09 bits per heavy atom. The van der Waals surface area contributed by atoms with Crippen LogP contribution in [0.3, 0.4) is 0 Å². The maximum absolute atomic E-state index is 13.8. The number of hydrogen-bond acceptors (Lipinski definition) is 3. The number of halogens is 3. The Hall–Kier alpha value is -2.27. The number of hydrogen-bond donors (Lipinski definition) is 2. The molecule has 1 aliphatic heterocycles. The number of nitrogens with one attached hydrogen (secondary N) is 2. The van der Waals surface area contributed by atoms with Crippen LogP contribution in [0.5, 0.6) is 0 Å². The molecular formula is C24H31F2IN4O2. The molecule has 0 spiro atoms. The van der Waals surface area contributed by atoms with Crippen LogP contribution < -0.4 is 10.6 Å². The summed E-state index contributed by atoms with van der Waals surface area (Å²) in [6.07, 6.45) is 0.0447. The van der Waals surface area contributed by atoms with E-state index >= 15 is 0 Å². The van der Waals surface area contributed by atoms with Crippen molar-refractivity contribution in [3.8, 4) is 0 Å². The van der Waals surface area contributed by atoms with Crippen molar-refractivity contribution in [2.24, 2.45) is 4.99 Å². The average Bonchev–Trinajstić information content (AvgIpc) is 2.77. The van der Waals surface area contributed by atoms with Crippen LogP contribution in [0, 0.1) is 11.6 Å². The third-order valence-electron chi connectivity index (χ3n) is 5.13. The molecular weight excluding hydrogens is 541 g/mol. The lowest BCUT2D eigenvalue weighted by Crippen LogP contribution is -2.48. The van der Waals surface area contributed by atoms with Crippen molar-refractivity contribution in [3.63, 3.8) is 0 Å². The SMILES string of the molecule is CCNC(=NCc1ccc(C(=O)N2CC(C)OC(C)C2)cc1)NCc1cc(F)ccc1F.I. The van der Waals surface area contributed by atoms with Gasteiger partial charge in [0.15, 0.2) is 5.96 Å².